The molecule has 4 heteroatoms. The molecule has 0 bridgehead atoms. The van der Waals surface area contributed by atoms with Gasteiger partial charge in [0, 0.05) is 11.6 Å². The maximum absolute atomic E-state index is 13.8. The van der Waals surface area contributed by atoms with Crippen LogP contribution in [0.15, 0.2) is 36.4 Å². The standard InChI is InChI=1S/C15H13ClF2S/c16-13-8-12(17)9-14(18)15(13)11-5-1-3-10(7-11)4-2-6-19/h1,3,5,7-9,19H,2,4,6H2. The molecule has 0 aliphatic heterocycles. The first-order valence-corrected chi connectivity index (χ1v) is 6.97. The van der Waals surface area contributed by atoms with Crippen LogP contribution in [0, 0.1) is 11.6 Å². The lowest BCUT2D eigenvalue weighted by Gasteiger charge is -2.08. The van der Waals surface area contributed by atoms with Crippen LogP contribution >= 0.6 is 24.2 Å². The van der Waals surface area contributed by atoms with Crippen molar-refractivity contribution in [2.24, 2.45) is 0 Å². The molecule has 0 aliphatic rings. The number of hydrogen-bond acceptors (Lipinski definition) is 1. The van der Waals surface area contributed by atoms with Gasteiger partial charge in [-0.25, -0.2) is 8.78 Å². The summed E-state index contributed by atoms with van der Waals surface area (Å²) < 4.78 is 26.9. The second-order valence-corrected chi connectivity index (χ2v) is 5.13. The summed E-state index contributed by atoms with van der Waals surface area (Å²) >= 11 is 10.1. The maximum Gasteiger partial charge on any atom is 0.135 e. The molecule has 0 fully saturated rings. The van der Waals surface area contributed by atoms with E-state index in [0.29, 0.717) is 5.56 Å². The summed E-state index contributed by atoms with van der Waals surface area (Å²) in [5.74, 6) is -0.510. The van der Waals surface area contributed by atoms with E-state index in [0.717, 1.165) is 36.3 Å². The maximum atomic E-state index is 13.8. The van der Waals surface area contributed by atoms with Crippen molar-refractivity contribution in [3.8, 4) is 11.1 Å². The first-order valence-electron chi connectivity index (χ1n) is 5.96. The van der Waals surface area contributed by atoms with E-state index in [2.05, 4.69) is 12.6 Å². The highest BCUT2D eigenvalue weighted by atomic mass is 35.5. The van der Waals surface area contributed by atoms with Gasteiger partial charge in [-0.15, -0.1) is 0 Å². The van der Waals surface area contributed by atoms with E-state index in [1.165, 1.54) is 0 Å². The van der Waals surface area contributed by atoms with Crippen LogP contribution in [0.3, 0.4) is 0 Å². The van der Waals surface area contributed by atoms with Crippen molar-refractivity contribution in [2.45, 2.75) is 12.8 Å². The van der Waals surface area contributed by atoms with Gasteiger partial charge in [-0.3, -0.25) is 0 Å². The minimum atomic E-state index is -0.669. The molecule has 0 N–H and O–H groups in total. The predicted molar refractivity (Wildman–Crippen MR) is 79.0 cm³/mol. The summed E-state index contributed by atoms with van der Waals surface area (Å²) in [6, 6.07) is 9.45. The van der Waals surface area contributed by atoms with Crippen molar-refractivity contribution in [3.63, 3.8) is 0 Å². The molecule has 0 aliphatic carbocycles. The number of hydrogen-bond donors (Lipinski definition) is 1. The van der Waals surface area contributed by atoms with E-state index in [1.54, 1.807) is 6.07 Å². The third-order valence-electron chi connectivity index (χ3n) is 2.85. The van der Waals surface area contributed by atoms with Gasteiger partial charge in [0.2, 0.25) is 0 Å². The molecule has 0 amide bonds. The lowest BCUT2D eigenvalue weighted by atomic mass is 10.0. The average Bonchev–Trinajstić information content (AvgIpc) is 2.35. The zero-order valence-electron chi connectivity index (χ0n) is 10.2. The minimum absolute atomic E-state index is 0.0869. The van der Waals surface area contributed by atoms with Crippen LogP contribution in [0.1, 0.15) is 12.0 Å². The summed E-state index contributed by atoms with van der Waals surface area (Å²) in [6.45, 7) is 0. The van der Waals surface area contributed by atoms with Gasteiger partial charge in [0.05, 0.1) is 5.02 Å². The van der Waals surface area contributed by atoms with Crippen LogP contribution in [0.2, 0.25) is 5.02 Å². The summed E-state index contributed by atoms with van der Waals surface area (Å²) in [4.78, 5) is 0. The summed E-state index contributed by atoms with van der Waals surface area (Å²) in [6.07, 6.45) is 1.82. The van der Waals surface area contributed by atoms with Crippen molar-refractivity contribution < 1.29 is 8.78 Å². The molecule has 2 rings (SSSR count). The number of aryl methyl sites for hydroxylation is 1. The van der Waals surface area contributed by atoms with Crippen LogP contribution in [-0.4, -0.2) is 5.75 Å². The predicted octanol–water partition coefficient (Wildman–Crippen LogP) is 5.15. The molecule has 0 atom stereocenters. The normalized spacial score (nSPS) is 10.7. The zero-order valence-corrected chi connectivity index (χ0v) is 11.8. The monoisotopic (exact) mass is 298 g/mol. The number of rotatable bonds is 4. The molecular weight excluding hydrogens is 286 g/mol. The van der Waals surface area contributed by atoms with Crippen molar-refractivity contribution in [2.75, 3.05) is 5.75 Å². The SMILES string of the molecule is Fc1cc(F)c(-c2cccc(CCCS)c2)c(Cl)c1. The Bertz CT molecular complexity index is 561. The molecule has 0 heterocycles. The van der Waals surface area contributed by atoms with Gasteiger partial charge in [-0.05, 0) is 35.8 Å². The van der Waals surface area contributed by atoms with Crippen molar-refractivity contribution in [1.82, 2.24) is 0 Å². The van der Waals surface area contributed by atoms with Gasteiger partial charge in [0.1, 0.15) is 11.6 Å². The van der Waals surface area contributed by atoms with Crippen molar-refractivity contribution in [1.29, 1.82) is 0 Å². The zero-order chi connectivity index (χ0) is 13.8. The van der Waals surface area contributed by atoms with Gasteiger partial charge in [-0.1, -0.05) is 35.9 Å². The fourth-order valence-electron chi connectivity index (χ4n) is 1.98. The summed E-state index contributed by atoms with van der Waals surface area (Å²) in [5.41, 5.74) is 2.00. The quantitative estimate of drug-likeness (QED) is 0.742. The van der Waals surface area contributed by atoms with E-state index < -0.39 is 11.6 Å². The fourth-order valence-corrected chi connectivity index (χ4v) is 2.45. The van der Waals surface area contributed by atoms with Crippen LogP contribution < -0.4 is 0 Å². The number of halogens is 3. The third kappa shape index (κ3) is 3.48. The Kier molecular flexibility index (Phi) is 4.83. The molecule has 2 aromatic rings. The van der Waals surface area contributed by atoms with E-state index in [-0.39, 0.29) is 10.6 Å². The second-order valence-electron chi connectivity index (χ2n) is 4.27. The highest BCUT2D eigenvalue weighted by Crippen LogP contribution is 2.32. The molecule has 100 valence electrons. The smallest absolute Gasteiger partial charge is 0.135 e. The number of benzene rings is 2. The van der Waals surface area contributed by atoms with Crippen molar-refractivity contribution >= 4 is 24.2 Å². The summed E-state index contributed by atoms with van der Waals surface area (Å²) in [7, 11) is 0. The molecule has 0 saturated carbocycles. The molecule has 19 heavy (non-hydrogen) atoms. The Hall–Kier alpha value is -1.06. The molecule has 0 saturated heterocycles. The highest BCUT2D eigenvalue weighted by Gasteiger charge is 2.12. The Morgan fingerprint density at radius 3 is 2.58 bits per heavy atom. The van der Waals surface area contributed by atoms with Crippen LogP contribution in [0.25, 0.3) is 11.1 Å². The molecule has 0 radical (unpaired) electrons. The van der Waals surface area contributed by atoms with E-state index in [9.17, 15) is 8.78 Å². The minimum Gasteiger partial charge on any atom is -0.207 e. The van der Waals surface area contributed by atoms with Crippen LogP contribution in [-0.2, 0) is 6.42 Å². The Morgan fingerprint density at radius 2 is 1.89 bits per heavy atom. The molecule has 0 spiro atoms. The molecular formula is C15H13ClF2S. The average molecular weight is 299 g/mol. The third-order valence-corrected chi connectivity index (χ3v) is 3.46. The lowest BCUT2D eigenvalue weighted by molar-refractivity contribution is 0.586. The first-order chi connectivity index (χ1) is 9.11. The Labute approximate surface area is 121 Å². The molecule has 0 unspecified atom stereocenters. The molecule has 0 nitrogen and oxygen atoms in total. The van der Waals surface area contributed by atoms with Crippen LogP contribution in [0.5, 0.6) is 0 Å². The van der Waals surface area contributed by atoms with Gasteiger partial charge in [0.25, 0.3) is 0 Å². The fraction of sp³-hybridized carbons (Fsp3) is 0.200. The lowest BCUT2D eigenvalue weighted by Crippen LogP contribution is -1.91. The van der Waals surface area contributed by atoms with Gasteiger partial charge < -0.3 is 0 Å². The summed E-state index contributed by atoms with van der Waals surface area (Å²) in [5, 5.41) is 0.0869. The first kappa shape index (κ1) is 14.4. The van der Waals surface area contributed by atoms with Gasteiger partial charge in [0.15, 0.2) is 0 Å². The molecule has 0 aromatic heterocycles. The highest BCUT2D eigenvalue weighted by molar-refractivity contribution is 7.80. The van der Waals surface area contributed by atoms with Gasteiger partial charge in [-0.2, -0.15) is 12.6 Å². The van der Waals surface area contributed by atoms with Gasteiger partial charge >= 0.3 is 0 Å². The number of thiol groups is 1. The topological polar surface area (TPSA) is 0 Å². The van der Waals surface area contributed by atoms with Crippen molar-refractivity contribution in [3.05, 3.63) is 58.6 Å². The second kappa shape index (κ2) is 6.40. The van der Waals surface area contributed by atoms with E-state index >= 15 is 0 Å². The van der Waals surface area contributed by atoms with Crippen LogP contribution in [0.4, 0.5) is 8.78 Å². The Balaban J connectivity index is 2.42. The van der Waals surface area contributed by atoms with E-state index in [1.807, 2.05) is 18.2 Å². The molecule has 2 aromatic carbocycles. The Morgan fingerprint density at radius 1 is 1.11 bits per heavy atom. The van der Waals surface area contributed by atoms with E-state index in [4.69, 9.17) is 11.6 Å². The largest absolute Gasteiger partial charge is 0.207 e.